The van der Waals surface area contributed by atoms with Crippen molar-refractivity contribution in [1.82, 2.24) is 4.98 Å². The fourth-order valence-electron chi connectivity index (χ4n) is 1.91. The van der Waals surface area contributed by atoms with Crippen LogP contribution in [0.5, 0.6) is 0 Å². The van der Waals surface area contributed by atoms with Gasteiger partial charge in [-0.15, -0.1) is 0 Å². The topological polar surface area (TPSA) is 70.2 Å². The van der Waals surface area contributed by atoms with Crippen LogP contribution in [0.25, 0.3) is 10.9 Å². The average Bonchev–Trinajstić information content (AvgIpc) is 2.30. The number of nitrogens with one attached hydrogen (secondary N) is 1. The summed E-state index contributed by atoms with van der Waals surface area (Å²) in [6, 6.07) is 7.30. The Morgan fingerprint density at radius 2 is 2.05 bits per heavy atom. The molecule has 1 aromatic heterocycles. The van der Waals surface area contributed by atoms with Gasteiger partial charge in [-0.05, 0) is 49.9 Å². The molecule has 2 N–H and O–H groups in total. The van der Waals surface area contributed by atoms with E-state index in [4.69, 9.17) is 5.11 Å². The Hall–Kier alpha value is -1.62. The molecule has 100 valence electrons. The molecule has 0 aliphatic carbocycles. The van der Waals surface area contributed by atoms with Gasteiger partial charge in [0.25, 0.3) is 5.56 Å². The molecule has 19 heavy (non-hydrogen) atoms. The molecule has 0 bridgehead atoms. The molecular weight excluding hydrogens is 310 g/mol. The Labute approximate surface area is 118 Å². The van der Waals surface area contributed by atoms with Gasteiger partial charge in [-0.2, -0.15) is 0 Å². The number of hydrogen-bond acceptors (Lipinski definition) is 2. The van der Waals surface area contributed by atoms with Crippen molar-refractivity contribution < 1.29 is 9.90 Å². The molecule has 0 saturated heterocycles. The SMILES string of the molecule is CC(C)(Cc1cc2cc(Br)ccc2[nH]c1=O)C(=O)O. The van der Waals surface area contributed by atoms with Gasteiger partial charge in [0.2, 0.25) is 0 Å². The van der Waals surface area contributed by atoms with Crippen LogP contribution in [0.3, 0.4) is 0 Å². The van der Waals surface area contributed by atoms with E-state index in [-0.39, 0.29) is 12.0 Å². The number of fused-ring (bicyclic) bond motifs is 1. The zero-order chi connectivity index (χ0) is 14.2. The summed E-state index contributed by atoms with van der Waals surface area (Å²) < 4.78 is 0.912. The van der Waals surface area contributed by atoms with Crippen LogP contribution >= 0.6 is 15.9 Å². The summed E-state index contributed by atoms with van der Waals surface area (Å²) in [5.74, 6) is -0.916. The molecule has 1 aromatic carbocycles. The third-order valence-corrected chi connectivity index (χ3v) is 3.59. The van der Waals surface area contributed by atoms with Crippen molar-refractivity contribution in [2.45, 2.75) is 20.3 Å². The Morgan fingerprint density at radius 3 is 2.68 bits per heavy atom. The number of carboxylic acid groups (broad SMARTS) is 1. The normalized spacial score (nSPS) is 11.7. The molecule has 0 aliphatic heterocycles. The van der Waals surface area contributed by atoms with Crippen LogP contribution in [0.4, 0.5) is 0 Å². The molecule has 0 unspecified atom stereocenters. The van der Waals surface area contributed by atoms with Crippen LogP contribution in [0, 0.1) is 5.41 Å². The highest BCUT2D eigenvalue weighted by Gasteiger charge is 2.28. The molecule has 1 heterocycles. The molecule has 0 radical (unpaired) electrons. The van der Waals surface area contributed by atoms with E-state index >= 15 is 0 Å². The van der Waals surface area contributed by atoms with E-state index in [9.17, 15) is 9.59 Å². The lowest BCUT2D eigenvalue weighted by atomic mass is 9.86. The first-order valence-corrected chi connectivity index (χ1v) is 6.64. The van der Waals surface area contributed by atoms with Gasteiger partial charge < -0.3 is 10.1 Å². The Balaban J connectivity index is 2.52. The minimum atomic E-state index is -0.966. The van der Waals surface area contributed by atoms with Crippen LogP contribution in [0.1, 0.15) is 19.4 Å². The number of aliphatic carboxylic acids is 1. The minimum absolute atomic E-state index is 0.195. The van der Waals surface area contributed by atoms with Crippen LogP contribution in [-0.2, 0) is 11.2 Å². The fraction of sp³-hybridized carbons (Fsp3) is 0.286. The fourth-order valence-corrected chi connectivity index (χ4v) is 2.28. The second kappa shape index (κ2) is 4.81. The smallest absolute Gasteiger partial charge is 0.309 e. The third-order valence-electron chi connectivity index (χ3n) is 3.09. The maximum atomic E-state index is 12.0. The predicted octanol–water partition coefficient (Wildman–Crippen LogP) is 2.94. The zero-order valence-electron chi connectivity index (χ0n) is 10.7. The lowest BCUT2D eigenvalue weighted by Crippen LogP contribution is -2.29. The van der Waals surface area contributed by atoms with Gasteiger partial charge in [0.1, 0.15) is 0 Å². The highest BCUT2D eigenvalue weighted by Crippen LogP contribution is 2.23. The molecule has 2 aromatic rings. The van der Waals surface area contributed by atoms with Gasteiger partial charge in [0, 0.05) is 15.6 Å². The maximum absolute atomic E-state index is 12.0. The Kier molecular flexibility index (Phi) is 3.49. The van der Waals surface area contributed by atoms with Crippen molar-refractivity contribution in [3.8, 4) is 0 Å². The summed E-state index contributed by atoms with van der Waals surface area (Å²) in [5.41, 5.74) is 0.0272. The quantitative estimate of drug-likeness (QED) is 0.912. The number of carbonyl (C=O) groups is 1. The number of aromatic nitrogens is 1. The molecule has 0 aliphatic rings. The number of rotatable bonds is 3. The number of pyridine rings is 1. The summed E-state index contributed by atoms with van der Waals surface area (Å²) in [5, 5.41) is 10.0. The molecule has 0 atom stereocenters. The van der Waals surface area contributed by atoms with Crippen LogP contribution in [0.2, 0.25) is 0 Å². The van der Waals surface area contributed by atoms with Gasteiger partial charge in [-0.25, -0.2) is 0 Å². The summed E-state index contributed by atoms with van der Waals surface area (Å²) in [6.45, 7) is 3.22. The number of benzene rings is 1. The number of carboxylic acids is 1. The summed E-state index contributed by atoms with van der Waals surface area (Å²) in [6.07, 6.45) is 0.195. The maximum Gasteiger partial charge on any atom is 0.309 e. The van der Waals surface area contributed by atoms with E-state index in [1.807, 2.05) is 18.2 Å². The molecule has 4 nitrogen and oxygen atoms in total. The molecule has 0 saturated carbocycles. The predicted molar refractivity (Wildman–Crippen MR) is 77.4 cm³/mol. The van der Waals surface area contributed by atoms with Crippen molar-refractivity contribution in [2.75, 3.05) is 0 Å². The monoisotopic (exact) mass is 323 g/mol. The van der Waals surface area contributed by atoms with Crippen molar-refractivity contribution in [2.24, 2.45) is 5.41 Å². The molecule has 0 spiro atoms. The highest BCUT2D eigenvalue weighted by atomic mass is 79.9. The standard InChI is InChI=1S/C14H14BrNO3/c1-14(2,13(18)19)7-9-5-8-6-10(15)3-4-11(8)16-12(9)17/h3-6H,7H2,1-2H3,(H,16,17)(H,18,19). The lowest BCUT2D eigenvalue weighted by molar-refractivity contribution is -0.146. The first-order chi connectivity index (χ1) is 8.79. The molecule has 0 amide bonds. The van der Waals surface area contributed by atoms with E-state index in [2.05, 4.69) is 20.9 Å². The lowest BCUT2D eigenvalue weighted by Gasteiger charge is -2.18. The molecule has 0 fully saturated rings. The van der Waals surface area contributed by atoms with E-state index in [0.717, 1.165) is 15.4 Å². The van der Waals surface area contributed by atoms with Crippen molar-refractivity contribution in [1.29, 1.82) is 0 Å². The van der Waals surface area contributed by atoms with Crippen molar-refractivity contribution >= 4 is 32.8 Å². The first-order valence-electron chi connectivity index (χ1n) is 5.84. The summed E-state index contributed by atoms with van der Waals surface area (Å²) >= 11 is 3.37. The minimum Gasteiger partial charge on any atom is -0.481 e. The highest BCUT2D eigenvalue weighted by molar-refractivity contribution is 9.10. The average molecular weight is 324 g/mol. The molecular formula is C14H14BrNO3. The van der Waals surface area contributed by atoms with Crippen LogP contribution in [0.15, 0.2) is 33.5 Å². The first kappa shape index (κ1) is 13.8. The van der Waals surface area contributed by atoms with Gasteiger partial charge in [0.05, 0.1) is 5.41 Å². The van der Waals surface area contributed by atoms with Gasteiger partial charge in [-0.3, -0.25) is 9.59 Å². The second-order valence-electron chi connectivity index (χ2n) is 5.22. The van der Waals surface area contributed by atoms with E-state index < -0.39 is 11.4 Å². The van der Waals surface area contributed by atoms with E-state index in [0.29, 0.717) is 5.56 Å². The van der Waals surface area contributed by atoms with Crippen molar-refractivity contribution in [3.05, 3.63) is 44.7 Å². The van der Waals surface area contributed by atoms with E-state index in [1.54, 1.807) is 19.9 Å². The van der Waals surface area contributed by atoms with Gasteiger partial charge in [0.15, 0.2) is 0 Å². The van der Waals surface area contributed by atoms with Crippen LogP contribution in [-0.4, -0.2) is 16.1 Å². The summed E-state index contributed by atoms with van der Waals surface area (Å²) in [7, 11) is 0. The number of aromatic amines is 1. The van der Waals surface area contributed by atoms with Gasteiger partial charge in [-0.1, -0.05) is 15.9 Å². The summed E-state index contributed by atoms with van der Waals surface area (Å²) in [4.78, 5) is 25.9. The Bertz CT molecular complexity index is 703. The Morgan fingerprint density at radius 1 is 1.37 bits per heavy atom. The molecule has 2 rings (SSSR count). The zero-order valence-corrected chi connectivity index (χ0v) is 12.2. The third kappa shape index (κ3) is 2.87. The largest absolute Gasteiger partial charge is 0.481 e. The number of hydrogen-bond donors (Lipinski definition) is 2. The number of H-pyrrole nitrogens is 1. The van der Waals surface area contributed by atoms with Crippen molar-refractivity contribution in [3.63, 3.8) is 0 Å². The second-order valence-corrected chi connectivity index (χ2v) is 6.14. The van der Waals surface area contributed by atoms with Crippen LogP contribution < -0.4 is 5.56 Å². The van der Waals surface area contributed by atoms with Gasteiger partial charge >= 0.3 is 5.97 Å². The van der Waals surface area contributed by atoms with E-state index in [1.165, 1.54) is 0 Å². The molecule has 5 heteroatoms. The number of halogens is 1.